The lowest BCUT2D eigenvalue weighted by molar-refractivity contribution is -0.165. The Hall–Kier alpha value is -3.60. The Balaban J connectivity index is 1.78. The molecular weight excluding hydrogens is 823 g/mol. The van der Waals surface area contributed by atoms with Gasteiger partial charge in [0.05, 0.1) is 56.3 Å². The number of esters is 3. The van der Waals surface area contributed by atoms with Gasteiger partial charge >= 0.3 is 24.0 Å². The van der Waals surface area contributed by atoms with Crippen molar-refractivity contribution in [2.75, 3.05) is 72.3 Å². The van der Waals surface area contributed by atoms with Crippen LogP contribution < -0.4 is 5.32 Å². The van der Waals surface area contributed by atoms with Crippen molar-refractivity contribution in [3.63, 3.8) is 0 Å². The Morgan fingerprint density at radius 2 is 1.39 bits per heavy atom. The van der Waals surface area contributed by atoms with Gasteiger partial charge in [-0.1, -0.05) is 41.5 Å². The highest BCUT2D eigenvalue weighted by Crippen LogP contribution is 2.42. The van der Waals surface area contributed by atoms with Gasteiger partial charge in [-0.2, -0.15) is 0 Å². The molecule has 352 valence electrons. The van der Waals surface area contributed by atoms with Crippen LogP contribution >= 0.6 is 11.8 Å². The third-order valence-electron chi connectivity index (χ3n) is 11.7. The van der Waals surface area contributed by atoms with Crippen LogP contribution in [0, 0.1) is 34.0 Å². The van der Waals surface area contributed by atoms with E-state index < -0.39 is 40.1 Å². The van der Waals surface area contributed by atoms with E-state index in [0.29, 0.717) is 43.8 Å². The molecule has 2 unspecified atom stereocenters. The molecule has 1 amide bonds. The summed E-state index contributed by atoms with van der Waals surface area (Å²) in [6, 6.07) is 0. The number of ketones is 3. The summed E-state index contributed by atoms with van der Waals surface area (Å²) in [7, 11) is 1.58. The monoisotopic (exact) mass is 895 g/mol. The van der Waals surface area contributed by atoms with E-state index in [1.165, 1.54) is 20.8 Å². The number of ether oxygens (including phenoxy) is 7. The van der Waals surface area contributed by atoms with Gasteiger partial charge in [0.2, 0.25) is 0 Å². The number of allylic oxidation sites excluding steroid dienone is 4. The average Bonchev–Trinajstić information content (AvgIpc) is 3.20. The van der Waals surface area contributed by atoms with Crippen molar-refractivity contribution in [1.82, 2.24) is 5.32 Å². The number of hydrogen-bond donors (Lipinski definition) is 1. The first-order chi connectivity index (χ1) is 29.0. The largest absolute Gasteiger partial charge is 0.463 e. The van der Waals surface area contributed by atoms with E-state index in [1.807, 2.05) is 0 Å². The minimum Gasteiger partial charge on any atom is -0.463 e. The highest BCUT2D eigenvalue weighted by Gasteiger charge is 2.45. The topological polar surface area (TPSA) is 196 Å². The van der Waals surface area contributed by atoms with Gasteiger partial charge in [0.25, 0.3) is 0 Å². The molecule has 0 bridgehead atoms. The maximum Gasteiger partial charge on any atom is 0.407 e. The van der Waals surface area contributed by atoms with Crippen LogP contribution in [-0.2, 0) is 61.9 Å². The van der Waals surface area contributed by atoms with Crippen molar-refractivity contribution in [1.29, 1.82) is 0 Å². The molecule has 1 N–H and O–H groups in total. The van der Waals surface area contributed by atoms with Crippen LogP contribution in [0.3, 0.4) is 0 Å². The van der Waals surface area contributed by atoms with Crippen molar-refractivity contribution in [2.45, 2.75) is 121 Å². The molecule has 2 aliphatic carbocycles. The lowest BCUT2D eigenvalue weighted by Crippen LogP contribution is -2.42. The van der Waals surface area contributed by atoms with E-state index in [1.54, 1.807) is 41.7 Å². The number of thioether (sulfide) groups is 1. The maximum atomic E-state index is 13.7. The number of carbonyl (C=O) groups excluding carboxylic acids is 7. The first-order valence-corrected chi connectivity index (χ1v) is 22.8. The van der Waals surface area contributed by atoms with Gasteiger partial charge in [-0.25, -0.2) is 4.79 Å². The summed E-state index contributed by atoms with van der Waals surface area (Å²) < 4.78 is 37.5. The van der Waals surface area contributed by atoms with Gasteiger partial charge in [-0.05, 0) is 78.1 Å². The Labute approximate surface area is 372 Å². The van der Waals surface area contributed by atoms with Crippen molar-refractivity contribution in [3.8, 4) is 0 Å². The van der Waals surface area contributed by atoms with Crippen LogP contribution in [0.5, 0.6) is 0 Å². The van der Waals surface area contributed by atoms with Gasteiger partial charge in [0.1, 0.15) is 31.3 Å². The highest BCUT2D eigenvalue weighted by molar-refractivity contribution is 8.04. The van der Waals surface area contributed by atoms with Gasteiger partial charge in [-0.3, -0.25) is 28.8 Å². The lowest BCUT2D eigenvalue weighted by Gasteiger charge is -2.37. The van der Waals surface area contributed by atoms with Gasteiger partial charge in [-0.15, -0.1) is 11.8 Å². The van der Waals surface area contributed by atoms with Crippen molar-refractivity contribution in [2.24, 2.45) is 34.0 Å². The summed E-state index contributed by atoms with van der Waals surface area (Å²) in [6.07, 6.45) is 1.73. The molecule has 0 heterocycles. The predicted molar refractivity (Wildman–Crippen MR) is 234 cm³/mol. The molecule has 2 aliphatic rings. The first kappa shape index (κ1) is 54.5. The van der Waals surface area contributed by atoms with E-state index in [9.17, 15) is 33.6 Å². The third kappa shape index (κ3) is 16.2. The molecule has 0 radical (unpaired) electrons. The first-order valence-electron chi connectivity index (χ1n) is 21.8. The summed E-state index contributed by atoms with van der Waals surface area (Å²) in [4.78, 5) is 92.3. The molecule has 1 saturated carbocycles. The number of Topliss-reactive ketones (excluding diaryl/α,β-unsaturated/α-hetero) is 3. The molecule has 2 rings (SSSR count). The van der Waals surface area contributed by atoms with Crippen molar-refractivity contribution in [3.05, 3.63) is 21.6 Å². The zero-order valence-electron chi connectivity index (χ0n) is 39.2. The molecule has 0 spiro atoms. The van der Waals surface area contributed by atoms with Gasteiger partial charge < -0.3 is 38.5 Å². The fraction of sp³-hybridized carbons (Fsp3) is 0.761. The molecule has 0 aromatic rings. The SMILES string of the molecule is CCC(C)(C(=O)CC(C)(C)C(=O)OCCNC(=O)OCCSC1=C(C)C(=O)C(C(C)(C)CC(=O)OC2CC[C@@H](C)C[C@H]2C(C)C)=C(C)C1=O)C(=O)OCCOCCOCCOC. The lowest BCUT2D eigenvalue weighted by atomic mass is 9.72. The number of alkyl carbamates (subject to hydrolysis) is 1. The Kier molecular flexibility index (Phi) is 22.5. The molecule has 15 nitrogen and oxygen atoms in total. The van der Waals surface area contributed by atoms with Crippen LogP contribution in [0.25, 0.3) is 0 Å². The fourth-order valence-electron chi connectivity index (χ4n) is 7.57. The van der Waals surface area contributed by atoms with E-state index >= 15 is 0 Å². The van der Waals surface area contributed by atoms with Crippen LogP contribution in [0.4, 0.5) is 4.79 Å². The summed E-state index contributed by atoms with van der Waals surface area (Å²) in [5, 5.41) is 2.49. The second-order valence-electron chi connectivity index (χ2n) is 18.1. The molecule has 0 aliphatic heterocycles. The molecule has 62 heavy (non-hydrogen) atoms. The molecular formula is C46H73NO14S. The number of carbonyl (C=O) groups is 7. The van der Waals surface area contributed by atoms with Gasteiger partial charge in [0, 0.05) is 41.4 Å². The standard InChI is InChI=1S/C46H73NO14S/c1-13-46(11,42(53)59-23-22-57-21-20-56-19-18-55-12)35(48)27-45(9,10)41(52)58-17-16-47-43(54)60-24-25-62-40-32(6)38(50)37(31(5)39(40)51)44(7,8)28-36(49)61-34-15-14-30(4)26-33(34)29(2)3/h29-30,33-34H,13-28H2,1-12H3,(H,47,54)/t30-,33+,34?,46?/m1/s1. The van der Waals surface area contributed by atoms with Crippen molar-refractivity contribution >= 4 is 53.1 Å². The van der Waals surface area contributed by atoms with E-state index in [0.717, 1.165) is 31.0 Å². The third-order valence-corrected chi connectivity index (χ3v) is 12.8. The van der Waals surface area contributed by atoms with Crippen LogP contribution in [0.15, 0.2) is 21.6 Å². The van der Waals surface area contributed by atoms with Gasteiger partial charge in [0.15, 0.2) is 17.3 Å². The quantitative estimate of drug-likeness (QED) is 0.0298. The van der Waals surface area contributed by atoms with Crippen LogP contribution in [-0.4, -0.2) is 120 Å². The summed E-state index contributed by atoms with van der Waals surface area (Å²) >= 11 is 1.11. The fourth-order valence-corrected chi connectivity index (χ4v) is 8.53. The summed E-state index contributed by atoms with van der Waals surface area (Å²) in [5.74, 6) is -1.42. The summed E-state index contributed by atoms with van der Waals surface area (Å²) in [6.45, 7) is 20.9. The number of amides is 1. The second-order valence-corrected chi connectivity index (χ2v) is 19.2. The molecule has 0 saturated heterocycles. The van der Waals surface area contributed by atoms with E-state index in [4.69, 9.17) is 33.2 Å². The van der Waals surface area contributed by atoms with E-state index in [2.05, 4.69) is 26.1 Å². The molecule has 16 heteroatoms. The smallest absolute Gasteiger partial charge is 0.407 e. The zero-order chi connectivity index (χ0) is 46.8. The van der Waals surface area contributed by atoms with Crippen molar-refractivity contribution < 1.29 is 66.7 Å². The molecule has 0 aromatic heterocycles. The average molecular weight is 896 g/mol. The number of methoxy groups -OCH3 is 1. The Morgan fingerprint density at radius 3 is 2.00 bits per heavy atom. The number of hydrogen-bond acceptors (Lipinski definition) is 15. The van der Waals surface area contributed by atoms with Crippen LogP contribution in [0.1, 0.15) is 115 Å². The number of nitrogens with one attached hydrogen (secondary N) is 1. The normalized spacial score (nSPS) is 19.6. The van der Waals surface area contributed by atoms with E-state index in [-0.39, 0.29) is 104 Å². The molecule has 1 fully saturated rings. The second kappa shape index (κ2) is 25.6. The Bertz CT molecular complexity index is 1650. The Morgan fingerprint density at radius 1 is 0.774 bits per heavy atom. The summed E-state index contributed by atoms with van der Waals surface area (Å²) in [5.41, 5.74) is -2.83. The maximum absolute atomic E-state index is 13.7. The molecule has 4 atom stereocenters. The van der Waals surface area contributed by atoms with Crippen LogP contribution in [0.2, 0.25) is 0 Å². The minimum absolute atomic E-state index is 0.0348. The zero-order valence-corrected chi connectivity index (χ0v) is 40.1. The highest BCUT2D eigenvalue weighted by atomic mass is 32.2. The molecule has 0 aromatic carbocycles. The minimum atomic E-state index is -1.48. The predicted octanol–water partition coefficient (Wildman–Crippen LogP) is 6.78. The number of rotatable bonds is 27.